The zero-order chi connectivity index (χ0) is 14.6. The monoisotopic (exact) mass is 284 g/mol. The number of sulfonamides is 1. The quantitative estimate of drug-likeness (QED) is 0.834. The van der Waals surface area contributed by atoms with Gasteiger partial charge in [-0.1, -0.05) is 13.8 Å². The van der Waals surface area contributed by atoms with E-state index in [1.807, 2.05) is 13.8 Å². The fourth-order valence-electron chi connectivity index (χ4n) is 1.49. The van der Waals surface area contributed by atoms with Crippen LogP contribution in [-0.4, -0.2) is 26.3 Å². The Hall–Kier alpha value is -1.45. The summed E-state index contributed by atoms with van der Waals surface area (Å²) >= 11 is 0. The van der Waals surface area contributed by atoms with Crippen molar-refractivity contribution in [3.05, 3.63) is 29.6 Å². The number of hydrogen-bond acceptors (Lipinski definition) is 3. The standard InChI is InChI=1S/C13H17FN2O2S/c1-10(2)6-7-16(3)19(17,18)12-4-5-13(14)11(8-12)9-15/h4-5,8,10H,6-7H2,1-3H3. The molecule has 0 amide bonds. The van der Waals surface area contributed by atoms with Crippen molar-refractivity contribution in [3.63, 3.8) is 0 Å². The van der Waals surface area contributed by atoms with Gasteiger partial charge in [-0.25, -0.2) is 17.1 Å². The molecular formula is C13H17FN2O2S. The van der Waals surface area contributed by atoms with Crippen molar-refractivity contribution in [3.8, 4) is 6.07 Å². The summed E-state index contributed by atoms with van der Waals surface area (Å²) in [6.07, 6.45) is 0.738. The average Bonchev–Trinajstić information content (AvgIpc) is 2.35. The van der Waals surface area contributed by atoms with Gasteiger partial charge in [0.1, 0.15) is 11.9 Å². The maximum absolute atomic E-state index is 13.2. The normalized spacial score (nSPS) is 11.8. The number of nitrogens with zero attached hydrogens (tertiary/aromatic N) is 2. The maximum Gasteiger partial charge on any atom is 0.242 e. The van der Waals surface area contributed by atoms with Crippen LogP contribution >= 0.6 is 0 Å². The molecule has 104 valence electrons. The second-order valence-corrected chi connectivity index (χ2v) is 6.81. The van der Waals surface area contributed by atoms with Crippen LogP contribution in [0.25, 0.3) is 0 Å². The molecule has 1 aromatic rings. The van der Waals surface area contributed by atoms with E-state index in [1.54, 1.807) is 6.07 Å². The Bertz CT molecular complexity index is 591. The molecule has 1 rings (SSSR count). The fourth-order valence-corrected chi connectivity index (χ4v) is 2.70. The van der Waals surface area contributed by atoms with Crippen LogP contribution in [0.3, 0.4) is 0 Å². The molecule has 0 saturated carbocycles. The van der Waals surface area contributed by atoms with Gasteiger partial charge in [-0.3, -0.25) is 0 Å². The number of nitriles is 1. The summed E-state index contributed by atoms with van der Waals surface area (Å²) < 4.78 is 38.8. The van der Waals surface area contributed by atoms with Gasteiger partial charge < -0.3 is 0 Å². The Morgan fingerprint density at radius 3 is 2.58 bits per heavy atom. The summed E-state index contributed by atoms with van der Waals surface area (Å²) in [5, 5.41) is 8.72. The minimum Gasteiger partial charge on any atom is -0.207 e. The van der Waals surface area contributed by atoms with Crippen LogP contribution < -0.4 is 0 Å². The lowest BCUT2D eigenvalue weighted by molar-refractivity contribution is 0.428. The molecule has 0 radical (unpaired) electrons. The molecule has 4 nitrogen and oxygen atoms in total. The Morgan fingerprint density at radius 1 is 1.42 bits per heavy atom. The smallest absolute Gasteiger partial charge is 0.207 e. The molecule has 19 heavy (non-hydrogen) atoms. The Labute approximate surface area is 113 Å². The van der Waals surface area contributed by atoms with Gasteiger partial charge in [0.25, 0.3) is 0 Å². The molecule has 0 spiro atoms. The molecule has 0 aromatic heterocycles. The van der Waals surface area contributed by atoms with Gasteiger partial charge in [0.2, 0.25) is 10.0 Å². The van der Waals surface area contributed by atoms with E-state index in [9.17, 15) is 12.8 Å². The van der Waals surface area contributed by atoms with Crippen LogP contribution in [0, 0.1) is 23.1 Å². The number of benzene rings is 1. The second kappa shape index (κ2) is 6.13. The van der Waals surface area contributed by atoms with Gasteiger partial charge in [0.15, 0.2) is 0 Å². The Morgan fingerprint density at radius 2 is 2.05 bits per heavy atom. The summed E-state index contributed by atoms with van der Waals surface area (Å²) in [6, 6.07) is 4.88. The number of halogens is 1. The van der Waals surface area contributed by atoms with Crippen LogP contribution in [0.5, 0.6) is 0 Å². The highest BCUT2D eigenvalue weighted by Crippen LogP contribution is 2.18. The van der Waals surface area contributed by atoms with Gasteiger partial charge >= 0.3 is 0 Å². The van der Waals surface area contributed by atoms with Gasteiger partial charge in [0, 0.05) is 13.6 Å². The third-order valence-electron chi connectivity index (χ3n) is 2.79. The molecular weight excluding hydrogens is 267 g/mol. The van der Waals surface area contributed by atoms with Crippen LogP contribution in [-0.2, 0) is 10.0 Å². The minimum absolute atomic E-state index is 0.0586. The predicted octanol–water partition coefficient (Wildman–Crippen LogP) is 2.36. The first-order chi connectivity index (χ1) is 8.78. The van der Waals surface area contributed by atoms with E-state index in [-0.39, 0.29) is 10.5 Å². The third-order valence-corrected chi connectivity index (χ3v) is 4.64. The fraction of sp³-hybridized carbons (Fsp3) is 0.462. The molecule has 0 atom stereocenters. The second-order valence-electron chi connectivity index (χ2n) is 4.76. The summed E-state index contributed by atoms with van der Waals surface area (Å²) in [5.41, 5.74) is -0.265. The first kappa shape index (κ1) is 15.6. The van der Waals surface area contributed by atoms with E-state index < -0.39 is 15.8 Å². The summed E-state index contributed by atoms with van der Waals surface area (Å²) in [7, 11) is -2.19. The first-order valence-corrected chi connectivity index (χ1v) is 7.39. The van der Waals surface area contributed by atoms with E-state index in [4.69, 9.17) is 5.26 Å². The highest BCUT2D eigenvalue weighted by molar-refractivity contribution is 7.89. The molecule has 0 aliphatic rings. The van der Waals surface area contributed by atoms with Crippen LogP contribution in [0.4, 0.5) is 4.39 Å². The summed E-state index contributed by atoms with van der Waals surface area (Å²) in [4.78, 5) is -0.0586. The molecule has 6 heteroatoms. The summed E-state index contributed by atoms with van der Waals surface area (Å²) in [6.45, 7) is 4.40. The van der Waals surface area contributed by atoms with Crippen molar-refractivity contribution in [2.75, 3.05) is 13.6 Å². The molecule has 1 aromatic carbocycles. The zero-order valence-corrected chi connectivity index (χ0v) is 12.0. The lowest BCUT2D eigenvalue weighted by atomic mass is 10.1. The zero-order valence-electron chi connectivity index (χ0n) is 11.2. The van der Waals surface area contributed by atoms with Crippen molar-refractivity contribution in [2.24, 2.45) is 5.92 Å². The van der Waals surface area contributed by atoms with Gasteiger partial charge in [-0.2, -0.15) is 5.26 Å². The number of hydrogen-bond donors (Lipinski definition) is 0. The highest BCUT2D eigenvalue weighted by Gasteiger charge is 2.21. The van der Waals surface area contributed by atoms with Crippen molar-refractivity contribution < 1.29 is 12.8 Å². The highest BCUT2D eigenvalue weighted by atomic mass is 32.2. The summed E-state index contributed by atoms with van der Waals surface area (Å²) in [5.74, 6) is -0.327. The molecule has 0 aliphatic carbocycles. The predicted molar refractivity (Wildman–Crippen MR) is 70.4 cm³/mol. The van der Waals surface area contributed by atoms with E-state index in [2.05, 4.69) is 0 Å². The molecule has 0 heterocycles. The van der Waals surface area contributed by atoms with E-state index in [0.29, 0.717) is 12.5 Å². The lowest BCUT2D eigenvalue weighted by Gasteiger charge is -2.18. The minimum atomic E-state index is -3.67. The van der Waals surface area contributed by atoms with Crippen LogP contribution in [0.15, 0.2) is 23.1 Å². The van der Waals surface area contributed by atoms with Crippen molar-refractivity contribution in [1.82, 2.24) is 4.31 Å². The average molecular weight is 284 g/mol. The van der Waals surface area contributed by atoms with Gasteiger partial charge in [0.05, 0.1) is 10.5 Å². The first-order valence-electron chi connectivity index (χ1n) is 5.95. The third kappa shape index (κ3) is 3.75. The molecule has 0 fully saturated rings. The Balaban J connectivity index is 3.04. The van der Waals surface area contributed by atoms with E-state index in [0.717, 1.165) is 18.6 Å². The molecule has 0 unspecified atom stereocenters. The van der Waals surface area contributed by atoms with Gasteiger partial charge in [-0.05, 0) is 30.5 Å². The van der Waals surface area contributed by atoms with E-state index >= 15 is 0 Å². The van der Waals surface area contributed by atoms with Crippen molar-refractivity contribution >= 4 is 10.0 Å². The topological polar surface area (TPSA) is 61.2 Å². The van der Waals surface area contributed by atoms with E-state index in [1.165, 1.54) is 17.4 Å². The Kier molecular flexibility index (Phi) is 5.04. The largest absolute Gasteiger partial charge is 0.242 e. The lowest BCUT2D eigenvalue weighted by Crippen LogP contribution is -2.28. The SMILES string of the molecule is CC(C)CCN(C)S(=O)(=O)c1ccc(F)c(C#N)c1. The van der Waals surface area contributed by atoms with Gasteiger partial charge in [-0.15, -0.1) is 0 Å². The molecule has 0 saturated heterocycles. The molecule has 0 aliphatic heterocycles. The van der Waals surface area contributed by atoms with Crippen LogP contribution in [0.1, 0.15) is 25.8 Å². The number of rotatable bonds is 5. The van der Waals surface area contributed by atoms with Crippen molar-refractivity contribution in [1.29, 1.82) is 5.26 Å². The maximum atomic E-state index is 13.2. The molecule has 0 bridgehead atoms. The molecule has 0 N–H and O–H groups in total. The van der Waals surface area contributed by atoms with Crippen molar-refractivity contribution in [2.45, 2.75) is 25.2 Å². The van der Waals surface area contributed by atoms with Crippen LogP contribution in [0.2, 0.25) is 0 Å².